The van der Waals surface area contributed by atoms with E-state index in [0.717, 1.165) is 19.1 Å². The zero-order chi connectivity index (χ0) is 11.7. The molecule has 0 radical (unpaired) electrons. The maximum atomic E-state index is 11.0. The number of rotatable bonds is 4. The first-order valence-electron chi connectivity index (χ1n) is 5.34. The summed E-state index contributed by atoms with van der Waals surface area (Å²) in [6.07, 6.45) is 3.46. The van der Waals surface area contributed by atoms with E-state index < -0.39 is 11.1 Å². The minimum absolute atomic E-state index is 0. The van der Waals surface area contributed by atoms with Crippen LogP contribution in [-0.2, 0) is 15.9 Å². The van der Waals surface area contributed by atoms with Gasteiger partial charge in [0.15, 0.2) is 11.1 Å². The molecule has 1 aliphatic rings. The minimum Gasteiger partial charge on any atom is -0.306 e. The Morgan fingerprint density at radius 2 is 2.00 bits per heavy atom. The fraction of sp³-hybridized carbons (Fsp3) is 0.909. The lowest BCUT2D eigenvalue weighted by Gasteiger charge is -2.40. The van der Waals surface area contributed by atoms with Crippen molar-refractivity contribution in [3.05, 3.63) is 0 Å². The maximum absolute atomic E-state index is 11.0. The molecule has 1 aliphatic carbocycles. The van der Waals surface area contributed by atoms with Crippen molar-refractivity contribution in [1.29, 1.82) is 0 Å². The molecule has 1 rings (SSSR count). The molecule has 1 fully saturated rings. The van der Waals surface area contributed by atoms with Gasteiger partial charge in [-0.3, -0.25) is 0 Å². The SMILES string of the molecule is CC1(C)[C@@H](CC=O)CC[C@]1(C)CS(=O)O.Cl. The number of hydrogen-bond acceptors (Lipinski definition) is 2. The van der Waals surface area contributed by atoms with E-state index >= 15 is 0 Å². The Bertz CT molecular complexity index is 280. The van der Waals surface area contributed by atoms with Crippen LogP contribution in [0.15, 0.2) is 0 Å². The standard InChI is InChI=1S/C11H20O3S.ClH/c1-10(2)9(5-7-12)4-6-11(10,3)8-15(13)14;/h7,9H,4-6,8H2,1-3H3,(H,13,14);1H/t9-,11-;/m1./s1. The first-order valence-corrected chi connectivity index (χ1v) is 6.62. The first kappa shape index (κ1) is 16.1. The van der Waals surface area contributed by atoms with Crippen molar-refractivity contribution >= 4 is 29.8 Å². The first-order chi connectivity index (χ1) is 6.83. The van der Waals surface area contributed by atoms with Crippen LogP contribution in [-0.4, -0.2) is 20.8 Å². The number of hydrogen-bond donors (Lipinski definition) is 1. The van der Waals surface area contributed by atoms with Gasteiger partial charge in [-0.2, -0.15) is 0 Å². The van der Waals surface area contributed by atoms with Crippen LogP contribution in [0.1, 0.15) is 40.0 Å². The quantitative estimate of drug-likeness (QED) is 0.630. The number of aldehydes is 1. The summed E-state index contributed by atoms with van der Waals surface area (Å²) in [7, 11) is 0. The van der Waals surface area contributed by atoms with E-state index in [-0.39, 0.29) is 23.2 Å². The highest BCUT2D eigenvalue weighted by atomic mass is 35.5. The molecule has 1 N–H and O–H groups in total. The lowest BCUT2D eigenvalue weighted by atomic mass is 9.66. The van der Waals surface area contributed by atoms with Gasteiger partial charge in [-0.25, -0.2) is 4.21 Å². The van der Waals surface area contributed by atoms with Crippen molar-refractivity contribution in [2.45, 2.75) is 40.0 Å². The van der Waals surface area contributed by atoms with Crippen molar-refractivity contribution in [2.75, 3.05) is 5.75 Å². The van der Waals surface area contributed by atoms with E-state index in [2.05, 4.69) is 20.8 Å². The van der Waals surface area contributed by atoms with Crippen LogP contribution in [0.25, 0.3) is 0 Å². The molecule has 0 saturated heterocycles. The molecule has 0 heterocycles. The molecule has 16 heavy (non-hydrogen) atoms. The van der Waals surface area contributed by atoms with Crippen LogP contribution < -0.4 is 0 Å². The van der Waals surface area contributed by atoms with Crippen LogP contribution in [0, 0.1) is 16.7 Å². The summed E-state index contributed by atoms with van der Waals surface area (Å²) in [5.74, 6) is 0.665. The average Bonchev–Trinajstić information content (AvgIpc) is 2.28. The summed E-state index contributed by atoms with van der Waals surface area (Å²) in [5, 5.41) is 0. The highest BCUT2D eigenvalue weighted by Crippen LogP contribution is 2.56. The van der Waals surface area contributed by atoms with Crippen molar-refractivity contribution in [3.8, 4) is 0 Å². The van der Waals surface area contributed by atoms with Gasteiger partial charge >= 0.3 is 0 Å². The summed E-state index contributed by atoms with van der Waals surface area (Å²) in [4.78, 5) is 10.6. The van der Waals surface area contributed by atoms with Crippen molar-refractivity contribution in [1.82, 2.24) is 0 Å². The maximum Gasteiger partial charge on any atom is 0.153 e. The van der Waals surface area contributed by atoms with Crippen LogP contribution in [0.3, 0.4) is 0 Å². The second kappa shape index (κ2) is 5.61. The Balaban J connectivity index is 0.00000225. The summed E-state index contributed by atoms with van der Waals surface area (Å²) in [5.41, 5.74) is -0.160. The van der Waals surface area contributed by atoms with Gasteiger partial charge in [0.05, 0.1) is 5.75 Å². The smallest absolute Gasteiger partial charge is 0.153 e. The molecule has 96 valence electrons. The summed E-state index contributed by atoms with van der Waals surface area (Å²) >= 11 is -1.75. The van der Waals surface area contributed by atoms with Crippen LogP contribution in [0.5, 0.6) is 0 Å². The fourth-order valence-electron chi connectivity index (χ4n) is 2.73. The largest absolute Gasteiger partial charge is 0.306 e. The van der Waals surface area contributed by atoms with Gasteiger partial charge in [0.1, 0.15) is 6.29 Å². The van der Waals surface area contributed by atoms with Gasteiger partial charge in [-0.1, -0.05) is 20.8 Å². The highest BCUT2D eigenvalue weighted by Gasteiger charge is 2.51. The van der Waals surface area contributed by atoms with E-state index in [4.69, 9.17) is 4.55 Å². The lowest BCUT2D eigenvalue weighted by molar-refractivity contribution is -0.109. The highest BCUT2D eigenvalue weighted by molar-refractivity contribution is 7.79. The molecule has 3 atom stereocenters. The van der Waals surface area contributed by atoms with E-state index in [1.807, 2.05) is 0 Å². The molecule has 1 saturated carbocycles. The number of halogens is 1. The second-order valence-corrected chi connectivity index (χ2v) is 6.32. The molecule has 0 amide bonds. The number of carbonyl (C=O) groups is 1. The normalized spacial score (nSPS) is 34.1. The zero-order valence-electron chi connectivity index (χ0n) is 10.1. The Morgan fingerprint density at radius 3 is 2.44 bits per heavy atom. The lowest BCUT2D eigenvalue weighted by Crippen LogP contribution is -2.38. The van der Waals surface area contributed by atoms with Gasteiger partial charge in [-0.15, -0.1) is 12.4 Å². The van der Waals surface area contributed by atoms with Crippen molar-refractivity contribution in [2.24, 2.45) is 16.7 Å². The van der Waals surface area contributed by atoms with Crippen LogP contribution in [0.4, 0.5) is 0 Å². The fourth-order valence-corrected chi connectivity index (χ4v) is 3.79. The molecule has 1 unspecified atom stereocenters. The summed E-state index contributed by atoms with van der Waals surface area (Å²) in [6.45, 7) is 6.29. The molecule has 3 nitrogen and oxygen atoms in total. The predicted molar refractivity (Wildman–Crippen MR) is 68.2 cm³/mol. The molecule has 0 aromatic carbocycles. The molecule has 0 aromatic heterocycles. The van der Waals surface area contributed by atoms with Gasteiger partial charge in [-0.05, 0) is 29.6 Å². The average molecular weight is 269 g/mol. The van der Waals surface area contributed by atoms with E-state index in [9.17, 15) is 9.00 Å². The molecular weight excluding hydrogens is 248 g/mol. The summed E-state index contributed by atoms with van der Waals surface area (Å²) < 4.78 is 20.0. The Labute approximate surface area is 106 Å². The topological polar surface area (TPSA) is 54.4 Å². The van der Waals surface area contributed by atoms with E-state index in [1.165, 1.54) is 0 Å². The van der Waals surface area contributed by atoms with Gasteiger partial charge in [0.25, 0.3) is 0 Å². The number of carbonyl (C=O) groups excluding carboxylic acids is 1. The monoisotopic (exact) mass is 268 g/mol. The van der Waals surface area contributed by atoms with Crippen LogP contribution in [0.2, 0.25) is 0 Å². The van der Waals surface area contributed by atoms with E-state index in [0.29, 0.717) is 18.1 Å². The zero-order valence-corrected chi connectivity index (χ0v) is 11.7. The third-order valence-electron chi connectivity index (χ3n) is 4.44. The van der Waals surface area contributed by atoms with Crippen molar-refractivity contribution < 1.29 is 13.6 Å². The van der Waals surface area contributed by atoms with Crippen molar-refractivity contribution in [3.63, 3.8) is 0 Å². The van der Waals surface area contributed by atoms with Gasteiger partial charge < -0.3 is 9.35 Å². The second-order valence-electron chi connectivity index (χ2n) is 5.39. The predicted octanol–water partition coefficient (Wildman–Crippen LogP) is 2.66. The molecule has 0 aliphatic heterocycles. The van der Waals surface area contributed by atoms with Gasteiger partial charge in [0.2, 0.25) is 0 Å². The van der Waals surface area contributed by atoms with Crippen LogP contribution >= 0.6 is 12.4 Å². The molecular formula is C11H21ClO3S. The molecule has 0 spiro atoms. The van der Waals surface area contributed by atoms with E-state index in [1.54, 1.807) is 0 Å². The Morgan fingerprint density at radius 1 is 1.44 bits per heavy atom. The third-order valence-corrected chi connectivity index (χ3v) is 5.33. The molecule has 5 heteroatoms. The van der Waals surface area contributed by atoms with Gasteiger partial charge in [0, 0.05) is 6.42 Å². The summed E-state index contributed by atoms with van der Waals surface area (Å²) in [6, 6.07) is 0. The third kappa shape index (κ3) is 2.84. The minimum atomic E-state index is -1.75. The Kier molecular flexibility index (Phi) is 5.63. The Hall–Kier alpha value is 0.0700. The molecule has 0 bridgehead atoms. The molecule has 0 aromatic rings.